The summed E-state index contributed by atoms with van der Waals surface area (Å²) >= 11 is 12.6. The van der Waals surface area contributed by atoms with Gasteiger partial charge in [-0.15, -0.1) is 0 Å². The van der Waals surface area contributed by atoms with Crippen LogP contribution in [0, 0.1) is 11.3 Å². The second kappa shape index (κ2) is 8.34. The summed E-state index contributed by atoms with van der Waals surface area (Å²) in [6, 6.07) is 9.96. The Morgan fingerprint density at radius 3 is 2.66 bits per heavy atom. The normalized spacial score (nSPS) is 11.9. The van der Waals surface area contributed by atoms with Gasteiger partial charge in [0.15, 0.2) is 0 Å². The number of nitriles is 1. The van der Waals surface area contributed by atoms with Crippen molar-refractivity contribution in [1.82, 2.24) is 9.36 Å². The first-order valence-corrected chi connectivity index (χ1v) is 11.1. The van der Waals surface area contributed by atoms with Crippen LogP contribution in [0.5, 0.6) is 0 Å². The molecule has 0 aliphatic carbocycles. The number of carbonyl (C=O) groups excluding carboxylic acids is 1. The Bertz CT molecular complexity index is 1270. The summed E-state index contributed by atoms with van der Waals surface area (Å²) in [7, 11) is -3.60. The monoisotopic (exact) mass is 468 g/mol. The molecule has 12 heteroatoms. The van der Waals surface area contributed by atoms with Crippen LogP contribution in [-0.4, -0.2) is 29.9 Å². The number of sulfone groups is 1. The zero-order valence-corrected chi connectivity index (χ0v) is 17.7. The van der Waals surface area contributed by atoms with Crippen molar-refractivity contribution in [3.05, 3.63) is 51.7 Å². The molecule has 0 fully saturated rings. The lowest BCUT2D eigenvalue weighted by atomic mass is 10.2. The van der Waals surface area contributed by atoms with Gasteiger partial charge in [0.05, 0.1) is 10.0 Å². The third-order valence-electron chi connectivity index (χ3n) is 3.44. The highest BCUT2D eigenvalue weighted by Gasteiger charge is 2.18. The summed E-state index contributed by atoms with van der Waals surface area (Å²) < 4.78 is 32.1. The minimum Gasteiger partial charge on any atom is -0.457 e. The molecule has 0 bridgehead atoms. The minimum atomic E-state index is -3.60. The van der Waals surface area contributed by atoms with Gasteiger partial charge < -0.3 is 4.42 Å². The predicted molar refractivity (Wildman–Crippen MR) is 109 cm³/mol. The lowest BCUT2D eigenvalue weighted by molar-refractivity contribution is -0.112. The molecule has 0 saturated carbocycles. The average molecular weight is 469 g/mol. The number of halogens is 2. The van der Waals surface area contributed by atoms with Gasteiger partial charge in [-0.3, -0.25) is 10.1 Å². The van der Waals surface area contributed by atoms with Gasteiger partial charge in [0.25, 0.3) is 11.1 Å². The number of rotatable bonds is 5. The van der Waals surface area contributed by atoms with E-state index in [4.69, 9.17) is 27.6 Å². The molecular weight excluding hydrogens is 459 g/mol. The largest absolute Gasteiger partial charge is 0.457 e. The van der Waals surface area contributed by atoms with Crippen LogP contribution in [0.15, 0.2) is 45.5 Å². The number of amides is 1. The van der Waals surface area contributed by atoms with Crippen LogP contribution in [0.4, 0.5) is 5.13 Å². The Balaban J connectivity index is 1.80. The molecule has 3 aromatic rings. The molecule has 29 heavy (non-hydrogen) atoms. The number of hydrogen-bond acceptors (Lipinski definition) is 8. The van der Waals surface area contributed by atoms with E-state index >= 15 is 0 Å². The highest BCUT2D eigenvalue weighted by atomic mass is 35.5. The quantitative estimate of drug-likeness (QED) is 0.441. The highest BCUT2D eigenvalue weighted by molar-refractivity contribution is 7.90. The molecule has 0 aliphatic rings. The van der Waals surface area contributed by atoms with E-state index < -0.39 is 20.9 Å². The first-order valence-electron chi connectivity index (χ1n) is 7.69. The van der Waals surface area contributed by atoms with Crippen molar-refractivity contribution in [3.8, 4) is 17.4 Å². The van der Waals surface area contributed by atoms with Crippen LogP contribution < -0.4 is 5.32 Å². The maximum Gasteiger partial charge on any atom is 0.268 e. The highest BCUT2D eigenvalue weighted by Crippen LogP contribution is 2.30. The van der Waals surface area contributed by atoms with E-state index in [0.29, 0.717) is 32.9 Å². The SMILES string of the molecule is CS(=O)(=O)c1nsc(NC(=O)/C(C#N)=C\c2ccc(-c3ccc(Cl)c(Cl)c3)o2)n1. The third-order valence-corrected chi connectivity index (χ3v) is 5.77. The molecule has 1 N–H and O–H groups in total. The van der Waals surface area contributed by atoms with Crippen LogP contribution in [0.1, 0.15) is 5.76 Å². The minimum absolute atomic E-state index is 0.0486. The fourth-order valence-electron chi connectivity index (χ4n) is 2.10. The second-order valence-corrected chi connectivity index (χ2v) is 9.08. The van der Waals surface area contributed by atoms with Crippen LogP contribution >= 0.6 is 34.7 Å². The first-order chi connectivity index (χ1) is 13.7. The smallest absolute Gasteiger partial charge is 0.268 e. The molecule has 3 rings (SSSR count). The molecule has 2 heterocycles. The Kier molecular flexibility index (Phi) is 6.04. The molecule has 0 radical (unpaired) electrons. The zero-order valence-electron chi connectivity index (χ0n) is 14.5. The second-order valence-electron chi connectivity index (χ2n) is 5.61. The maximum atomic E-state index is 12.3. The standard InChI is InChI=1S/C17H10Cl2N4O4S2/c1-29(25,26)17-22-16(28-23-17)21-15(24)10(8-20)6-11-3-5-14(27-11)9-2-4-12(18)13(19)7-9/h2-7H,1H3,(H,21,22,23,24)/b10-6-. The van der Waals surface area contributed by atoms with Crippen LogP contribution in [0.3, 0.4) is 0 Å². The molecule has 1 amide bonds. The van der Waals surface area contributed by atoms with Crippen molar-refractivity contribution in [1.29, 1.82) is 5.26 Å². The molecule has 2 aromatic heterocycles. The van der Waals surface area contributed by atoms with Gasteiger partial charge in [-0.05, 0) is 30.3 Å². The number of hydrogen-bond donors (Lipinski definition) is 1. The number of nitrogens with zero attached hydrogens (tertiary/aromatic N) is 3. The van der Waals surface area contributed by atoms with Gasteiger partial charge in [0.2, 0.25) is 15.0 Å². The van der Waals surface area contributed by atoms with E-state index in [1.165, 1.54) is 6.08 Å². The Labute approximate surface area is 179 Å². The van der Waals surface area contributed by atoms with Crippen LogP contribution in [0.25, 0.3) is 17.4 Å². The van der Waals surface area contributed by atoms with Gasteiger partial charge in [-0.2, -0.15) is 14.6 Å². The Morgan fingerprint density at radius 2 is 2.03 bits per heavy atom. The Hall–Kier alpha value is -2.71. The van der Waals surface area contributed by atoms with E-state index in [2.05, 4.69) is 14.7 Å². The van der Waals surface area contributed by atoms with Crippen LogP contribution in [0.2, 0.25) is 10.0 Å². The maximum absolute atomic E-state index is 12.3. The average Bonchev–Trinajstić information content (AvgIpc) is 3.31. The van der Waals surface area contributed by atoms with Crippen molar-refractivity contribution < 1.29 is 17.6 Å². The molecule has 148 valence electrons. The fraction of sp³-hybridized carbons (Fsp3) is 0.0588. The number of carbonyl (C=O) groups is 1. The molecule has 0 saturated heterocycles. The lowest BCUT2D eigenvalue weighted by Gasteiger charge is -2.00. The van der Waals surface area contributed by atoms with Crippen molar-refractivity contribution in [3.63, 3.8) is 0 Å². The topological polar surface area (TPSA) is 126 Å². The molecule has 0 unspecified atom stereocenters. The van der Waals surface area contributed by atoms with E-state index in [-0.39, 0.29) is 16.5 Å². The van der Waals surface area contributed by atoms with E-state index in [1.807, 2.05) is 0 Å². The van der Waals surface area contributed by atoms with Crippen molar-refractivity contribution in [2.75, 3.05) is 11.6 Å². The van der Waals surface area contributed by atoms with Crippen molar-refractivity contribution >= 4 is 61.7 Å². The van der Waals surface area contributed by atoms with Gasteiger partial charge in [-0.1, -0.05) is 23.2 Å². The Morgan fingerprint density at radius 1 is 1.28 bits per heavy atom. The molecule has 0 aliphatic heterocycles. The zero-order chi connectivity index (χ0) is 21.2. The molecule has 0 atom stereocenters. The fourth-order valence-corrected chi connectivity index (χ4v) is 3.84. The summed E-state index contributed by atoms with van der Waals surface area (Å²) in [6.07, 6.45) is 2.19. The summed E-state index contributed by atoms with van der Waals surface area (Å²) in [5.41, 5.74) is 0.403. The summed E-state index contributed by atoms with van der Waals surface area (Å²) in [4.78, 5) is 16.0. The van der Waals surface area contributed by atoms with Gasteiger partial charge in [0, 0.05) is 29.4 Å². The van der Waals surface area contributed by atoms with E-state index in [9.17, 15) is 18.5 Å². The van der Waals surface area contributed by atoms with Crippen molar-refractivity contribution in [2.45, 2.75) is 5.16 Å². The van der Waals surface area contributed by atoms with E-state index in [0.717, 1.165) is 6.26 Å². The number of furan rings is 1. The third kappa shape index (κ3) is 5.02. The number of benzene rings is 1. The molecular formula is C17H10Cl2N4O4S2. The number of aromatic nitrogens is 2. The summed E-state index contributed by atoms with van der Waals surface area (Å²) in [5, 5.41) is 11.9. The summed E-state index contributed by atoms with van der Waals surface area (Å²) in [5.74, 6) is -0.0579. The predicted octanol–water partition coefficient (Wildman–Crippen LogP) is 4.05. The molecule has 0 spiro atoms. The molecule has 8 nitrogen and oxygen atoms in total. The molecule has 1 aromatic carbocycles. The van der Waals surface area contributed by atoms with Gasteiger partial charge in [0.1, 0.15) is 23.2 Å². The number of nitrogens with one attached hydrogen (secondary N) is 1. The van der Waals surface area contributed by atoms with Gasteiger partial charge in [-0.25, -0.2) is 8.42 Å². The first kappa shape index (κ1) is 21.0. The van der Waals surface area contributed by atoms with Crippen LogP contribution in [-0.2, 0) is 14.6 Å². The summed E-state index contributed by atoms with van der Waals surface area (Å²) in [6.45, 7) is 0. The van der Waals surface area contributed by atoms with E-state index in [1.54, 1.807) is 36.4 Å². The number of anilines is 1. The van der Waals surface area contributed by atoms with Gasteiger partial charge >= 0.3 is 0 Å². The lowest BCUT2D eigenvalue weighted by Crippen LogP contribution is -2.13. The van der Waals surface area contributed by atoms with Crippen molar-refractivity contribution in [2.24, 2.45) is 0 Å².